The maximum absolute atomic E-state index is 5.27. The largest absolute Gasteiger partial charge is 0.497 e. The Hall–Kier alpha value is -1.06. The molecule has 1 N–H and O–H groups in total. The van der Waals surface area contributed by atoms with Gasteiger partial charge in [-0.05, 0) is 50.0 Å². The summed E-state index contributed by atoms with van der Waals surface area (Å²) in [6.07, 6.45) is 2.79. The van der Waals surface area contributed by atoms with Crippen molar-refractivity contribution in [1.82, 2.24) is 10.2 Å². The molecule has 1 fully saturated rings. The van der Waals surface area contributed by atoms with Crippen LogP contribution in [0.5, 0.6) is 5.75 Å². The van der Waals surface area contributed by atoms with Crippen LogP contribution in [-0.4, -0.2) is 38.2 Å². The summed E-state index contributed by atoms with van der Waals surface area (Å²) in [7, 11) is 3.92. The zero-order valence-corrected chi connectivity index (χ0v) is 12.4. The van der Waals surface area contributed by atoms with E-state index in [0.717, 1.165) is 31.3 Å². The molecule has 1 unspecified atom stereocenters. The molecular weight excluding hydrogens is 236 g/mol. The third-order valence-electron chi connectivity index (χ3n) is 3.75. The van der Waals surface area contributed by atoms with Crippen molar-refractivity contribution in [3.8, 4) is 5.75 Å². The molecule has 0 saturated heterocycles. The summed E-state index contributed by atoms with van der Waals surface area (Å²) in [6, 6.07) is 8.99. The lowest BCUT2D eigenvalue weighted by molar-refractivity contribution is 0.268. The maximum Gasteiger partial charge on any atom is 0.119 e. The molecule has 1 aliphatic rings. The van der Waals surface area contributed by atoms with Gasteiger partial charge in [-0.2, -0.15) is 0 Å². The SMILES string of the molecule is CCNC(CN(C)Cc1cccc(OC)c1)C1CC1. The standard InChI is InChI=1S/C16H26N2O/c1-4-17-16(14-8-9-14)12-18(2)11-13-6-5-7-15(10-13)19-3/h5-7,10,14,16-17H,4,8-9,11-12H2,1-3H3. The number of likely N-dealkylation sites (N-methyl/N-ethyl adjacent to an activating group) is 2. The minimum Gasteiger partial charge on any atom is -0.497 e. The molecule has 3 nitrogen and oxygen atoms in total. The first kappa shape index (κ1) is 14.4. The fourth-order valence-corrected chi connectivity index (χ4v) is 2.62. The molecule has 1 aromatic rings. The molecule has 2 rings (SSSR count). The van der Waals surface area contributed by atoms with Crippen LogP contribution in [0.4, 0.5) is 0 Å². The predicted molar refractivity (Wildman–Crippen MR) is 79.5 cm³/mol. The van der Waals surface area contributed by atoms with Crippen LogP contribution in [0.2, 0.25) is 0 Å². The van der Waals surface area contributed by atoms with Gasteiger partial charge < -0.3 is 15.0 Å². The summed E-state index contributed by atoms with van der Waals surface area (Å²) in [5.41, 5.74) is 1.31. The molecule has 106 valence electrons. The topological polar surface area (TPSA) is 24.5 Å². The van der Waals surface area contributed by atoms with Crippen molar-refractivity contribution in [2.75, 3.05) is 27.2 Å². The average molecular weight is 262 g/mol. The minimum absolute atomic E-state index is 0.653. The van der Waals surface area contributed by atoms with Crippen molar-refractivity contribution in [2.24, 2.45) is 5.92 Å². The van der Waals surface area contributed by atoms with Crippen LogP contribution in [0.3, 0.4) is 0 Å². The summed E-state index contributed by atoms with van der Waals surface area (Å²) in [5.74, 6) is 1.84. The summed E-state index contributed by atoms with van der Waals surface area (Å²) in [4.78, 5) is 2.40. The van der Waals surface area contributed by atoms with Gasteiger partial charge in [0.2, 0.25) is 0 Å². The average Bonchev–Trinajstić information content (AvgIpc) is 3.22. The van der Waals surface area contributed by atoms with Gasteiger partial charge in [0, 0.05) is 19.1 Å². The Morgan fingerprint density at radius 1 is 1.42 bits per heavy atom. The zero-order chi connectivity index (χ0) is 13.7. The second-order valence-corrected chi connectivity index (χ2v) is 5.55. The van der Waals surface area contributed by atoms with Crippen LogP contribution in [0.15, 0.2) is 24.3 Å². The van der Waals surface area contributed by atoms with E-state index in [1.165, 1.54) is 18.4 Å². The maximum atomic E-state index is 5.27. The number of nitrogens with one attached hydrogen (secondary N) is 1. The van der Waals surface area contributed by atoms with E-state index in [9.17, 15) is 0 Å². The van der Waals surface area contributed by atoms with Gasteiger partial charge in [0.05, 0.1) is 7.11 Å². The molecule has 1 atom stereocenters. The Bertz CT molecular complexity index is 390. The Morgan fingerprint density at radius 3 is 2.84 bits per heavy atom. The quantitative estimate of drug-likeness (QED) is 0.779. The van der Waals surface area contributed by atoms with Crippen LogP contribution in [-0.2, 0) is 6.54 Å². The predicted octanol–water partition coefficient (Wildman–Crippen LogP) is 2.52. The first-order chi connectivity index (χ1) is 9.22. The van der Waals surface area contributed by atoms with Crippen molar-refractivity contribution in [3.05, 3.63) is 29.8 Å². The van der Waals surface area contributed by atoms with E-state index in [-0.39, 0.29) is 0 Å². The summed E-state index contributed by atoms with van der Waals surface area (Å²) >= 11 is 0. The molecule has 0 radical (unpaired) electrons. The molecule has 1 aromatic carbocycles. The van der Waals surface area contributed by atoms with Crippen LogP contribution in [0.1, 0.15) is 25.3 Å². The van der Waals surface area contributed by atoms with Gasteiger partial charge in [-0.25, -0.2) is 0 Å². The molecule has 0 spiro atoms. The third kappa shape index (κ3) is 4.51. The van der Waals surface area contributed by atoms with Crippen molar-refractivity contribution in [3.63, 3.8) is 0 Å². The number of benzene rings is 1. The second-order valence-electron chi connectivity index (χ2n) is 5.55. The zero-order valence-electron chi connectivity index (χ0n) is 12.4. The van der Waals surface area contributed by atoms with Gasteiger partial charge in [0.15, 0.2) is 0 Å². The fourth-order valence-electron chi connectivity index (χ4n) is 2.62. The van der Waals surface area contributed by atoms with Gasteiger partial charge in [0.25, 0.3) is 0 Å². The Morgan fingerprint density at radius 2 is 2.21 bits per heavy atom. The normalized spacial score (nSPS) is 16.6. The number of rotatable bonds is 8. The lowest BCUT2D eigenvalue weighted by atomic mass is 10.1. The Balaban J connectivity index is 1.86. The van der Waals surface area contributed by atoms with E-state index >= 15 is 0 Å². The monoisotopic (exact) mass is 262 g/mol. The van der Waals surface area contributed by atoms with E-state index in [1.807, 2.05) is 6.07 Å². The molecule has 1 saturated carbocycles. The van der Waals surface area contributed by atoms with E-state index in [2.05, 4.69) is 42.4 Å². The highest BCUT2D eigenvalue weighted by atomic mass is 16.5. The van der Waals surface area contributed by atoms with Gasteiger partial charge in [-0.3, -0.25) is 0 Å². The number of methoxy groups -OCH3 is 1. The van der Waals surface area contributed by atoms with Crippen molar-refractivity contribution in [1.29, 1.82) is 0 Å². The number of hydrogen-bond acceptors (Lipinski definition) is 3. The minimum atomic E-state index is 0.653. The van der Waals surface area contributed by atoms with E-state index in [1.54, 1.807) is 7.11 Å². The summed E-state index contributed by atoms with van der Waals surface area (Å²) in [5, 5.41) is 3.62. The molecule has 3 heteroatoms. The molecular formula is C16H26N2O. The van der Waals surface area contributed by atoms with Crippen LogP contribution < -0.4 is 10.1 Å². The lowest BCUT2D eigenvalue weighted by Gasteiger charge is -2.24. The first-order valence-corrected chi connectivity index (χ1v) is 7.27. The van der Waals surface area contributed by atoms with Crippen LogP contribution in [0, 0.1) is 5.92 Å². The molecule has 0 bridgehead atoms. The molecule has 0 aliphatic heterocycles. The highest BCUT2D eigenvalue weighted by molar-refractivity contribution is 5.28. The van der Waals surface area contributed by atoms with E-state index < -0.39 is 0 Å². The first-order valence-electron chi connectivity index (χ1n) is 7.27. The summed E-state index contributed by atoms with van der Waals surface area (Å²) < 4.78 is 5.27. The second kappa shape index (κ2) is 6.92. The fraction of sp³-hybridized carbons (Fsp3) is 0.625. The van der Waals surface area contributed by atoms with E-state index in [0.29, 0.717) is 6.04 Å². The Kier molecular flexibility index (Phi) is 5.23. The van der Waals surface area contributed by atoms with Gasteiger partial charge >= 0.3 is 0 Å². The molecule has 0 aromatic heterocycles. The van der Waals surface area contributed by atoms with Gasteiger partial charge in [-0.15, -0.1) is 0 Å². The smallest absolute Gasteiger partial charge is 0.119 e. The van der Waals surface area contributed by atoms with E-state index in [4.69, 9.17) is 4.74 Å². The number of hydrogen-bond donors (Lipinski definition) is 1. The van der Waals surface area contributed by atoms with Crippen molar-refractivity contribution >= 4 is 0 Å². The highest BCUT2D eigenvalue weighted by Crippen LogP contribution is 2.33. The molecule has 1 aliphatic carbocycles. The van der Waals surface area contributed by atoms with Gasteiger partial charge in [0.1, 0.15) is 5.75 Å². The van der Waals surface area contributed by atoms with Crippen LogP contribution >= 0.6 is 0 Å². The lowest BCUT2D eigenvalue weighted by Crippen LogP contribution is -2.40. The Labute approximate surface area is 116 Å². The number of ether oxygens (including phenoxy) is 1. The van der Waals surface area contributed by atoms with Crippen molar-refractivity contribution < 1.29 is 4.74 Å². The number of nitrogens with zero attached hydrogens (tertiary/aromatic N) is 1. The summed E-state index contributed by atoms with van der Waals surface area (Å²) in [6.45, 7) is 5.35. The molecule has 0 heterocycles. The van der Waals surface area contributed by atoms with Crippen LogP contribution in [0.25, 0.3) is 0 Å². The molecule has 19 heavy (non-hydrogen) atoms. The third-order valence-corrected chi connectivity index (χ3v) is 3.75. The van der Waals surface area contributed by atoms with Gasteiger partial charge in [-0.1, -0.05) is 19.1 Å². The molecule has 0 amide bonds. The van der Waals surface area contributed by atoms with Crippen molar-refractivity contribution in [2.45, 2.75) is 32.4 Å². The highest BCUT2D eigenvalue weighted by Gasteiger charge is 2.31.